The molecule has 1 amide bonds. The molecule has 3 N–H and O–H groups in total. The van der Waals surface area contributed by atoms with Crippen molar-refractivity contribution in [3.63, 3.8) is 0 Å². The van der Waals surface area contributed by atoms with E-state index in [1.807, 2.05) is 26.8 Å². The molecule has 3 heterocycles. The van der Waals surface area contributed by atoms with E-state index >= 15 is 0 Å². The van der Waals surface area contributed by atoms with E-state index in [2.05, 4.69) is 4.98 Å². The van der Waals surface area contributed by atoms with E-state index in [4.69, 9.17) is 5.73 Å². The number of pyridine rings is 1. The number of rotatable bonds is 5. The molecule has 0 spiro atoms. The fraction of sp³-hybridized carbons (Fsp3) is 0.348. The Hall–Kier alpha value is -3.04. The molecule has 1 aliphatic rings. The van der Waals surface area contributed by atoms with Gasteiger partial charge in [-0.15, -0.1) is 11.3 Å². The van der Waals surface area contributed by atoms with Crippen molar-refractivity contribution in [1.82, 2.24) is 14.5 Å². The number of carbonyl (C=O) groups excluding carboxylic acids is 1. The molecule has 1 aliphatic heterocycles. The molecule has 32 heavy (non-hydrogen) atoms. The van der Waals surface area contributed by atoms with E-state index in [1.165, 1.54) is 17.4 Å². The fourth-order valence-corrected chi connectivity index (χ4v) is 4.88. The molecule has 9 heteroatoms. The average Bonchev–Trinajstić information content (AvgIpc) is 3.20. The fourth-order valence-electron chi connectivity index (χ4n) is 3.94. The Labute approximate surface area is 188 Å². The summed E-state index contributed by atoms with van der Waals surface area (Å²) in [6, 6.07) is 4.69. The number of carbonyl (C=O) groups is 1. The lowest BCUT2D eigenvalue weighted by Gasteiger charge is -2.38. The van der Waals surface area contributed by atoms with Gasteiger partial charge in [0.2, 0.25) is 5.43 Å². The average molecular weight is 457 g/mol. The largest absolute Gasteiger partial charge is 0.503 e. The van der Waals surface area contributed by atoms with Crippen LogP contribution >= 0.6 is 11.3 Å². The van der Waals surface area contributed by atoms with E-state index in [-0.39, 0.29) is 35.7 Å². The first-order valence-corrected chi connectivity index (χ1v) is 11.2. The van der Waals surface area contributed by atoms with Crippen molar-refractivity contribution in [3.05, 3.63) is 68.3 Å². The standard InChI is InChI=1S/C23H25FN4O3S/c1-12(2)27-10-15(8-25)28-11-17(20(29)21(30)19(28)23(27)31)22-26-9-16(32-22)7-14-5-4-13(3)6-18(14)24/h4-6,9,11-12,15,30H,7-8,10,25H2,1-3H3. The number of nitrogens with two attached hydrogens (primary N) is 1. The smallest absolute Gasteiger partial charge is 0.274 e. The molecule has 1 atom stereocenters. The highest BCUT2D eigenvalue weighted by molar-refractivity contribution is 7.15. The Balaban J connectivity index is 1.74. The zero-order chi connectivity index (χ0) is 23.2. The van der Waals surface area contributed by atoms with Gasteiger partial charge in [0.25, 0.3) is 5.91 Å². The Morgan fingerprint density at radius 3 is 2.75 bits per heavy atom. The van der Waals surface area contributed by atoms with E-state index in [9.17, 15) is 19.1 Å². The lowest BCUT2D eigenvalue weighted by molar-refractivity contribution is 0.0603. The summed E-state index contributed by atoms with van der Waals surface area (Å²) >= 11 is 1.25. The number of aryl methyl sites for hydroxylation is 1. The minimum atomic E-state index is -0.659. The van der Waals surface area contributed by atoms with Gasteiger partial charge in [0, 0.05) is 42.8 Å². The molecule has 0 aliphatic carbocycles. The lowest BCUT2D eigenvalue weighted by Crippen LogP contribution is -2.49. The zero-order valence-corrected chi connectivity index (χ0v) is 18.9. The van der Waals surface area contributed by atoms with Crippen molar-refractivity contribution < 1.29 is 14.3 Å². The molecule has 0 fully saturated rings. The maximum atomic E-state index is 14.2. The van der Waals surface area contributed by atoms with Crippen molar-refractivity contribution in [1.29, 1.82) is 0 Å². The number of hydrogen-bond donors (Lipinski definition) is 2. The highest BCUT2D eigenvalue weighted by Crippen LogP contribution is 2.32. The van der Waals surface area contributed by atoms with Gasteiger partial charge in [0.1, 0.15) is 10.8 Å². The quantitative estimate of drug-likeness (QED) is 0.614. The van der Waals surface area contributed by atoms with Crippen molar-refractivity contribution in [3.8, 4) is 16.3 Å². The van der Waals surface area contributed by atoms with E-state index in [0.29, 0.717) is 23.5 Å². The number of benzene rings is 1. The van der Waals surface area contributed by atoms with Gasteiger partial charge in [-0.3, -0.25) is 9.59 Å². The Bertz CT molecular complexity index is 1250. The maximum absolute atomic E-state index is 14.2. The third-order valence-corrected chi connectivity index (χ3v) is 6.76. The third kappa shape index (κ3) is 3.82. The SMILES string of the molecule is Cc1ccc(Cc2cnc(-c3cn4c(c(O)c3=O)C(=O)N(C(C)C)CC4CN)s2)c(F)c1. The van der Waals surface area contributed by atoms with Crippen LogP contribution in [0.5, 0.6) is 5.75 Å². The van der Waals surface area contributed by atoms with Crippen LogP contribution < -0.4 is 11.2 Å². The van der Waals surface area contributed by atoms with E-state index in [1.54, 1.807) is 27.9 Å². The molecule has 0 saturated heterocycles. The summed E-state index contributed by atoms with van der Waals surface area (Å²) in [7, 11) is 0. The van der Waals surface area contributed by atoms with Crippen molar-refractivity contribution >= 4 is 17.2 Å². The highest BCUT2D eigenvalue weighted by atomic mass is 32.1. The molecule has 0 saturated carbocycles. The van der Waals surface area contributed by atoms with Gasteiger partial charge in [-0.25, -0.2) is 9.37 Å². The molecular formula is C23H25FN4O3S. The zero-order valence-electron chi connectivity index (χ0n) is 18.1. The van der Waals surface area contributed by atoms with Crippen LogP contribution in [-0.4, -0.2) is 44.6 Å². The molecule has 1 aromatic carbocycles. The van der Waals surface area contributed by atoms with Gasteiger partial charge in [0.15, 0.2) is 11.4 Å². The molecule has 4 rings (SSSR count). The summed E-state index contributed by atoms with van der Waals surface area (Å²) in [5.41, 5.74) is 6.82. The Morgan fingerprint density at radius 1 is 1.34 bits per heavy atom. The van der Waals surface area contributed by atoms with Crippen LogP contribution in [0.15, 0.2) is 35.4 Å². The summed E-state index contributed by atoms with van der Waals surface area (Å²) in [4.78, 5) is 32.6. The summed E-state index contributed by atoms with van der Waals surface area (Å²) in [6.07, 6.45) is 3.50. The highest BCUT2D eigenvalue weighted by Gasteiger charge is 2.35. The minimum absolute atomic E-state index is 0.0485. The molecule has 7 nitrogen and oxygen atoms in total. The van der Waals surface area contributed by atoms with E-state index in [0.717, 1.165) is 10.4 Å². The van der Waals surface area contributed by atoms with Crippen LogP contribution in [0, 0.1) is 12.7 Å². The number of amides is 1. The van der Waals surface area contributed by atoms with Gasteiger partial charge < -0.3 is 20.3 Å². The first kappa shape index (κ1) is 22.2. The second-order valence-corrected chi connectivity index (χ2v) is 9.44. The Kier molecular flexibility index (Phi) is 5.87. The van der Waals surface area contributed by atoms with E-state index < -0.39 is 17.1 Å². The van der Waals surface area contributed by atoms with Crippen LogP contribution in [0.1, 0.15) is 46.4 Å². The number of hydrogen-bond acceptors (Lipinski definition) is 6. The van der Waals surface area contributed by atoms with Gasteiger partial charge in [-0.2, -0.15) is 0 Å². The minimum Gasteiger partial charge on any atom is -0.503 e. The first-order chi connectivity index (χ1) is 15.2. The van der Waals surface area contributed by atoms with Gasteiger partial charge in [0.05, 0.1) is 11.6 Å². The number of nitrogens with zero attached hydrogens (tertiary/aromatic N) is 3. The summed E-state index contributed by atoms with van der Waals surface area (Å²) in [5.74, 6) is -1.29. The van der Waals surface area contributed by atoms with Crippen LogP contribution in [0.4, 0.5) is 4.39 Å². The molecule has 2 aromatic heterocycles. The predicted octanol–water partition coefficient (Wildman–Crippen LogP) is 3.08. The van der Waals surface area contributed by atoms with Crippen LogP contribution in [-0.2, 0) is 6.42 Å². The Morgan fingerprint density at radius 2 is 2.09 bits per heavy atom. The number of fused-ring (bicyclic) bond motifs is 1. The normalized spacial score (nSPS) is 16.0. The molecule has 0 radical (unpaired) electrons. The molecule has 0 bridgehead atoms. The van der Waals surface area contributed by atoms with Crippen LogP contribution in [0.2, 0.25) is 0 Å². The van der Waals surface area contributed by atoms with Crippen molar-refractivity contribution in [2.24, 2.45) is 5.73 Å². The van der Waals surface area contributed by atoms with Crippen molar-refractivity contribution in [2.75, 3.05) is 13.1 Å². The van der Waals surface area contributed by atoms with Gasteiger partial charge in [-0.1, -0.05) is 12.1 Å². The van der Waals surface area contributed by atoms with Crippen LogP contribution in [0.25, 0.3) is 10.6 Å². The maximum Gasteiger partial charge on any atom is 0.274 e. The summed E-state index contributed by atoms with van der Waals surface area (Å²) in [5, 5.41) is 11.1. The topological polar surface area (TPSA) is 101 Å². The summed E-state index contributed by atoms with van der Waals surface area (Å²) < 4.78 is 15.8. The van der Waals surface area contributed by atoms with Crippen LogP contribution in [0.3, 0.4) is 0 Å². The number of thiazole rings is 1. The van der Waals surface area contributed by atoms with Gasteiger partial charge >= 0.3 is 0 Å². The third-order valence-electron chi connectivity index (χ3n) is 5.73. The van der Waals surface area contributed by atoms with Crippen molar-refractivity contribution in [2.45, 2.75) is 39.3 Å². The lowest BCUT2D eigenvalue weighted by atomic mass is 10.1. The second-order valence-electron chi connectivity index (χ2n) is 8.32. The summed E-state index contributed by atoms with van der Waals surface area (Å²) in [6.45, 7) is 6.20. The second kappa shape index (κ2) is 8.48. The molecular weight excluding hydrogens is 431 g/mol. The molecule has 168 valence electrons. The number of halogens is 1. The number of aromatic nitrogens is 2. The molecule has 3 aromatic rings. The number of aromatic hydroxyl groups is 1. The van der Waals surface area contributed by atoms with Gasteiger partial charge in [-0.05, 0) is 38.0 Å². The first-order valence-electron chi connectivity index (χ1n) is 10.4. The molecule has 1 unspecified atom stereocenters. The monoisotopic (exact) mass is 456 g/mol. The predicted molar refractivity (Wildman–Crippen MR) is 122 cm³/mol.